The summed E-state index contributed by atoms with van der Waals surface area (Å²) in [5.41, 5.74) is -0.00579. The van der Waals surface area contributed by atoms with E-state index in [1.807, 2.05) is 0 Å². The van der Waals surface area contributed by atoms with Crippen molar-refractivity contribution in [3.63, 3.8) is 0 Å². The number of amides is 2. The summed E-state index contributed by atoms with van der Waals surface area (Å²) in [6.07, 6.45) is 1.28. The Hall–Kier alpha value is -1.36. The van der Waals surface area contributed by atoms with E-state index in [-0.39, 0.29) is 17.4 Å². The van der Waals surface area contributed by atoms with Gasteiger partial charge < -0.3 is 9.80 Å². The fraction of sp³-hybridized carbons (Fsp3) is 0.714. The van der Waals surface area contributed by atoms with Gasteiger partial charge in [-0.25, -0.2) is 0 Å². The third-order valence-corrected chi connectivity index (χ3v) is 3.51. The first-order chi connectivity index (χ1) is 8.68. The normalized spacial score (nSPS) is 21.1. The number of hydrogen-bond acceptors (Lipinski definition) is 3. The number of rotatable bonds is 2. The van der Waals surface area contributed by atoms with E-state index in [4.69, 9.17) is 0 Å². The van der Waals surface area contributed by atoms with Crippen LogP contribution in [0.4, 0.5) is 0 Å². The van der Waals surface area contributed by atoms with Crippen LogP contribution < -0.4 is 0 Å². The molecule has 0 bridgehead atoms. The van der Waals surface area contributed by atoms with Crippen molar-refractivity contribution in [2.45, 2.75) is 32.4 Å². The van der Waals surface area contributed by atoms with E-state index in [2.05, 4.69) is 32.3 Å². The van der Waals surface area contributed by atoms with Crippen LogP contribution in [0.1, 0.15) is 20.8 Å². The zero-order chi connectivity index (χ0) is 14.8. The summed E-state index contributed by atoms with van der Waals surface area (Å²) in [4.78, 5) is 29.6. The van der Waals surface area contributed by atoms with Gasteiger partial charge in [-0.3, -0.25) is 14.5 Å². The zero-order valence-corrected chi connectivity index (χ0v) is 12.6. The Morgan fingerprint density at radius 3 is 2.26 bits per heavy atom. The Bertz CT molecular complexity index is 371. The van der Waals surface area contributed by atoms with Gasteiger partial charge in [0.15, 0.2) is 0 Å². The average Bonchev–Trinajstić information content (AvgIpc) is 2.35. The number of likely N-dealkylation sites (N-methyl/N-ethyl adjacent to an activating group) is 1. The van der Waals surface area contributed by atoms with E-state index in [1.165, 1.54) is 6.08 Å². The summed E-state index contributed by atoms with van der Waals surface area (Å²) in [6.45, 7) is 11.8. The number of carbonyl (C=O) groups is 2. The second-order valence-corrected chi connectivity index (χ2v) is 6.10. The molecule has 1 aliphatic heterocycles. The molecule has 19 heavy (non-hydrogen) atoms. The fourth-order valence-corrected chi connectivity index (χ4v) is 2.28. The Labute approximate surface area is 115 Å². The van der Waals surface area contributed by atoms with Crippen molar-refractivity contribution in [1.82, 2.24) is 14.7 Å². The molecule has 0 saturated carbocycles. The molecule has 5 heteroatoms. The summed E-state index contributed by atoms with van der Waals surface area (Å²) in [7, 11) is 3.43. The summed E-state index contributed by atoms with van der Waals surface area (Å²) >= 11 is 0. The number of piperazine rings is 1. The molecule has 0 spiro atoms. The van der Waals surface area contributed by atoms with Crippen LogP contribution in [0.5, 0.6) is 0 Å². The van der Waals surface area contributed by atoms with Gasteiger partial charge >= 0.3 is 0 Å². The summed E-state index contributed by atoms with van der Waals surface area (Å²) < 4.78 is 0. The van der Waals surface area contributed by atoms with Gasteiger partial charge in [0.1, 0.15) is 6.04 Å². The van der Waals surface area contributed by atoms with Crippen molar-refractivity contribution >= 4 is 11.8 Å². The highest BCUT2D eigenvalue weighted by Gasteiger charge is 2.38. The van der Waals surface area contributed by atoms with Crippen LogP contribution in [0.15, 0.2) is 12.7 Å². The van der Waals surface area contributed by atoms with Crippen LogP contribution in [0, 0.1) is 0 Å². The largest absolute Gasteiger partial charge is 0.347 e. The van der Waals surface area contributed by atoms with E-state index in [0.29, 0.717) is 13.1 Å². The highest BCUT2D eigenvalue weighted by Crippen LogP contribution is 2.20. The quantitative estimate of drug-likeness (QED) is 0.687. The SMILES string of the molecule is C=CC(=O)N1CCN(C(C)(C)C)CC1C(=O)N(C)C. The smallest absolute Gasteiger partial charge is 0.246 e. The van der Waals surface area contributed by atoms with Gasteiger partial charge in [0.25, 0.3) is 0 Å². The predicted molar refractivity (Wildman–Crippen MR) is 75.7 cm³/mol. The van der Waals surface area contributed by atoms with Crippen LogP contribution in [0.2, 0.25) is 0 Å². The standard InChI is InChI=1S/C14H25N3O2/c1-7-12(18)17-9-8-16(14(2,3)4)10-11(17)13(19)15(5)6/h7,11H,1,8-10H2,2-6H3. The van der Waals surface area contributed by atoms with Crippen LogP contribution in [-0.2, 0) is 9.59 Å². The second kappa shape index (κ2) is 5.74. The Morgan fingerprint density at radius 2 is 1.84 bits per heavy atom. The van der Waals surface area contributed by atoms with Gasteiger partial charge in [0.2, 0.25) is 11.8 Å². The first kappa shape index (κ1) is 15.7. The highest BCUT2D eigenvalue weighted by molar-refractivity contribution is 5.92. The molecule has 0 N–H and O–H groups in total. The van der Waals surface area contributed by atoms with Crippen molar-refractivity contribution < 1.29 is 9.59 Å². The lowest BCUT2D eigenvalue weighted by Gasteiger charge is -2.46. The van der Waals surface area contributed by atoms with Gasteiger partial charge in [0, 0.05) is 39.3 Å². The maximum Gasteiger partial charge on any atom is 0.246 e. The summed E-state index contributed by atoms with van der Waals surface area (Å²) in [5, 5.41) is 0. The lowest BCUT2D eigenvalue weighted by Crippen LogP contribution is -2.63. The third-order valence-electron chi connectivity index (χ3n) is 3.51. The van der Waals surface area contributed by atoms with Gasteiger partial charge in [-0.2, -0.15) is 0 Å². The maximum absolute atomic E-state index is 12.3. The molecular weight excluding hydrogens is 242 g/mol. The Balaban J connectivity index is 2.95. The van der Waals surface area contributed by atoms with Crippen LogP contribution in [0.3, 0.4) is 0 Å². The Kier molecular flexibility index (Phi) is 4.74. The molecule has 2 amide bonds. The second-order valence-electron chi connectivity index (χ2n) is 6.10. The number of carbonyl (C=O) groups excluding carboxylic acids is 2. The van der Waals surface area contributed by atoms with E-state index in [0.717, 1.165) is 6.54 Å². The predicted octanol–water partition coefficient (Wildman–Crippen LogP) is 0.572. The van der Waals surface area contributed by atoms with Crippen molar-refractivity contribution in [3.05, 3.63) is 12.7 Å². The molecule has 1 atom stereocenters. The summed E-state index contributed by atoms with van der Waals surface area (Å²) in [6, 6.07) is -0.423. The molecule has 1 aliphatic rings. The molecule has 0 aliphatic carbocycles. The average molecular weight is 267 g/mol. The number of nitrogens with zero attached hydrogens (tertiary/aromatic N) is 3. The van der Waals surface area contributed by atoms with Crippen molar-refractivity contribution in [3.8, 4) is 0 Å². The maximum atomic E-state index is 12.3. The van der Waals surface area contributed by atoms with Gasteiger partial charge in [-0.15, -0.1) is 0 Å². The minimum atomic E-state index is -0.423. The molecule has 1 heterocycles. The highest BCUT2D eigenvalue weighted by atomic mass is 16.2. The molecule has 1 unspecified atom stereocenters. The topological polar surface area (TPSA) is 43.9 Å². The fourth-order valence-electron chi connectivity index (χ4n) is 2.28. The van der Waals surface area contributed by atoms with E-state index < -0.39 is 6.04 Å². The van der Waals surface area contributed by atoms with Crippen LogP contribution in [0.25, 0.3) is 0 Å². The van der Waals surface area contributed by atoms with Crippen molar-refractivity contribution in [2.24, 2.45) is 0 Å². The molecule has 108 valence electrons. The number of hydrogen-bond donors (Lipinski definition) is 0. The molecule has 0 aromatic heterocycles. The molecule has 1 fully saturated rings. The van der Waals surface area contributed by atoms with E-state index in [9.17, 15) is 9.59 Å². The van der Waals surface area contributed by atoms with Crippen LogP contribution >= 0.6 is 0 Å². The minimum Gasteiger partial charge on any atom is -0.347 e. The molecular formula is C14H25N3O2. The minimum absolute atomic E-state index is 0.00579. The van der Waals surface area contributed by atoms with E-state index >= 15 is 0 Å². The molecule has 0 aromatic rings. The molecule has 5 nitrogen and oxygen atoms in total. The van der Waals surface area contributed by atoms with Gasteiger partial charge in [-0.05, 0) is 26.8 Å². The first-order valence-corrected chi connectivity index (χ1v) is 6.57. The van der Waals surface area contributed by atoms with Gasteiger partial charge in [-0.1, -0.05) is 6.58 Å². The molecule has 0 radical (unpaired) electrons. The Morgan fingerprint density at radius 1 is 1.26 bits per heavy atom. The molecule has 1 saturated heterocycles. The third kappa shape index (κ3) is 3.56. The zero-order valence-electron chi connectivity index (χ0n) is 12.6. The van der Waals surface area contributed by atoms with Crippen LogP contribution in [-0.4, -0.2) is 71.8 Å². The lowest BCUT2D eigenvalue weighted by molar-refractivity contribution is -0.146. The van der Waals surface area contributed by atoms with Gasteiger partial charge in [0.05, 0.1) is 0 Å². The molecule has 1 rings (SSSR count). The lowest BCUT2D eigenvalue weighted by atomic mass is 10.0. The van der Waals surface area contributed by atoms with E-state index in [1.54, 1.807) is 23.9 Å². The van der Waals surface area contributed by atoms with Crippen molar-refractivity contribution in [1.29, 1.82) is 0 Å². The summed E-state index contributed by atoms with van der Waals surface area (Å²) in [5.74, 6) is -0.210. The van der Waals surface area contributed by atoms with Crippen molar-refractivity contribution in [2.75, 3.05) is 33.7 Å². The first-order valence-electron chi connectivity index (χ1n) is 6.57. The monoisotopic (exact) mass is 267 g/mol. The molecule has 0 aromatic carbocycles.